The molecular formula is C11H15BrN2O. The van der Waals surface area contributed by atoms with Crippen LogP contribution in [0.2, 0.25) is 0 Å². The number of nitrogens with zero attached hydrogens (tertiary/aromatic N) is 2. The number of aromatic nitrogens is 1. The fourth-order valence-corrected chi connectivity index (χ4v) is 2.66. The zero-order valence-corrected chi connectivity index (χ0v) is 10.3. The molecule has 1 aromatic rings. The first kappa shape index (κ1) is 10.9. The quantitative estimate of drug-likeness (QED) is 0.894. The van der Waals surface area contributed by atoms with Crippen molar-refractivity contribution in [3.63, 3.8) is 0 Å². The van der Waals surface area contributed by atoms with Crippen molar-refractivity contribution in [1.29, 1.82) is 0 Å². The molecule has 0 amide bonds. The van der Waals surface area contributed by atoms with E-state index >= 15 is 0 Å². The van der Waals surface area contributed by atoms with Crippen LogP contribution < -0.4 is 4.90 Å². The lowest BCUT2D eigenvalue weighted by molar-refractivity contribution is 0.244. The average molecular weight is 271 g/mol. The standard InChI is InChI=1S/C11H15BrN2O/c1-8-3-5-14(11(8)7-15)10-2-4-13-6-9(10)12/h2,4,6,8,11,15H,3,5,7H2,1H3. The normalized spacial score (nSPS) is 25.9. The number of hydrogen-bond acceptors (Lipinski definition) is 3. The van der Waals surface area contributed by atoms with Crippen molar-refractivity contribution in [3.05, 3.63) is 22.9 Å². The molecule has 4 heteroatoms. The van der Waals surface area contributed by atoms with Crippen LogP contribution in [0.5, 0.6) is 0 Å². The Balaban J connectivity index is 2.28. The zero-order chi connectivity index (χ0) is 10.8. The molecule has 0 aromatic carbocycles. The van der Waals surface area contributed by atoms with Gasteiger partial charge >= 0.3 is 0 Å². The van der Waals surface area contributed by atoms with Crippen LogP contribution in [0, 0.1) is 5.92 Å². The Hall–Kier alpha value is -0.610. The second-order valence-corrected chi connectivity index (χ2v) is 4.89. The molecule has 0 saturated carbocycles. The van der Waals surface area contributed by atoms with Crippen LogP contribution in [0.1, 0.15) is 13.3 Å². The van der Waals surface area contributed by atoms with Crippen molar-refractivity contribution in [2.24, 2.45) is 5.92 Å². The number of hydrogen-bond donors (Lipinski definition) is 1. The number of rotatable bonds is 2. The Kier molecular flexibility index (Phi) is 3.26. The first-order chi connectivity index (χ1) is 7.24. The van der Waals surface area contributed by atoms with Gasteiger partial charge in [0.2, 0.25) is 0 Å². The molecule has 0 bridgehead atoms. The highest BCUT2D eigenvalue weighted by molar-refractivity contribution is 9.10. The van der Waals surface area contributed by atoms with Crippen LogP contribution in [-0.4, -0.2) is 29.3 Å². The highest BCUT2D eigenvalue weighted by atomic mass is 79.9. The van der Waals surface area contributed by atoms with Gasteiger partial charge in [0.1, 0.15) is 0 Å². The summed E-state index contributed by atoms with van der Waals surface area (Å²) in [5.41, 5.74) is 1.13. The van der Waals surface area contributed by atoms with Gasteiger partial charge in [0.15, 0.2) is 0 Å². The molecule has 2 heterocycles. The second-order valence-electron chi connectivity index (χ2n) is 4.04. The predicted molar refractivity (Wildman–Crippen MR) is 63.9 cm³/mol. The van der Waals surface area contributed by atoms with Crippen LogP contribution in [-0.2, 0) is 0 Å². The molecule has 1 aromatic heterocycles. The number of aliphatic hydroxyl groups excluding tert-OH is 1. The third-order valence-corrected chi connectivity index (χ3v) is 3.74. The maximum absolute atomic E-state index is 9.39. The van der Waals surface area contributed by atoms with Gasteiger partial charge in [-0.15, -0.1) is 0 Å². The van der Waals surface area contributed by atoms with E-state index in [4.69, 9.17) is 0 Å². The van der Waals surface area contributed by atoms with E-state index in [-0.39, 0.29) is 12.6 Å². The van der Waals surface area contributed by atoms with E-state index in [2.05, 4.69) is 32.7 Å². The zero-order valence-electron chi connectivity index (χ0n) is 8.73. The summed E-state index contributed by atoms with van der Waals surface area (Å²) >= 11 is 3.50. The summed E-state index contributed by atoms with van der Waals surface area (Å²) < 4.78 is 0.998. The van der Waals surface area contributed by atoms with Crippen molar-refractivity contribution in [2.75, 3.05) is 18.1 Å². The Morgan fingerprint density at radius 1 is 1.67 bits per heavy atom. The lowest BCUT2D eigenvalue weighted by Crippen LogP contribution is -2.35. The lowest BCUT2D eigenvalue weighted by Gasteiger charge is -2.27. The van der Waals surface area contributed by atoms with Crippen molar-refractivity contribution in [1.82, 2.24) is 4.98 Å². The maximum atomic E-state index is 9.39. The number of aliphatic hydroxyl groups is 1. The van der Waals surface area contributed by atoms with Crippen molar-refractivity contribution < 1.29 is 5.11 Å². The molecule has 1 aliphatic heterocycles. The minimum absolute atomic E-state index is 0.218. The number of anilines is 1. The molecule has 1 saturated heterocycles. The van der Waals surface area contributed by atoms with Crippen molar-refractivity contribution in [2.45, 2.75) is 19.4 Å². The van der Waals surface area contributed by atoms with Crippen LogP contribution in [0.25, 0.3) is 0 Å². The van der Waals surface area contributed by atoms with Crippen molar-refractivity contribution >= 4 is 21.6 Å². The third kappa shape index (κ3) is 2.01. The predicted octanol–water partition coefficient (Wildman–Crippen LogP) is 2.05. The largest absolute Gasteiger partial charge is 0.394 e. The summed E-state index contributed by atoms with van der Waals surface area (Å²) in [5.74, 6) is 0.551. The van der Waals surface area contributed by atoms with E-state index in [0.717, 1.165) is 23.1 Å². The van der Waals surface area contributed by atoms with E-state index in [1.807, 2.05) is 6.07 Å². The van der Waals surface area contributed by atoms with Gasteiger partial charge in [-0.05, 0) is 34.3 Å². The fraction of sp³-hybridized carbons (Fsp3) is 0.545. The smallest absolute Gasteiger partial charge is 0.0637 e. The number of pyridine rings is 1. The minimum Gasteiger partial charge on any atom is -0.394 e. The summed E-state index contributed by atoms with van der Waals surface area (Å²) in [6.07, 6.45) is 4.73. The molecule has 2 unspecified atom stereocenters. The van der Waals surface area contributed by atoms with E-state index in [1.54, 1.807) is 12.4 Å². The molecule has 1 aliphatic rings. The minimum atomic E-state index is 0.218. The summed E-state index contributed by atoms with van der Waals surface area (Å²) in [6.45, 7) is 3.42. The summed E-state index contributed by atoms with van der Waals surface area (Å²) in [6, 6.07) is 2.23. The Morgan fingerprint density at radius 3 is 3.13 bits per heavy atom. The summed E-state index contributed by atoms with van der Waals surface area (Å²) in [5, 5.41) is 9.39. The van der Waals surface area contributed by atoms with Crippen LogP contribution in [0.4, 0.5) is 5.69 Å². The molecule has 1 fully saturated rings. The van der Waals surface area contributed by atoms with Gasteiger partial charge in [-0.3, -0.25) is 4.98 Å². The Labute approximate surface area is 98.3 Å². The first-order valence-electron chi connectivity index (χ1n) is 5.21. The Morgan fingerprint density at radius 2 is 2.47 bits per heavy atom. The average Bonchev–Trinajstić information content (AvgIpc) is 2.60. The van der Waals surface area contributed by atoms with Gasteiger partial charge in [0, 0.05) is 18.9 Å². The third-order valence-electron chi connectivity index (χ3n) is 3.13. The van der Waals surface area contributed by atoms with Crippen LogP contribution >= 0.6 is 15.9 Å². The molecule has 2 atom stereocenters. The monoisotopic (exact) mass is 270 g/mol. The molecule has 1 N–H and O–H groups in total. The van der Waals surface area contributed by atoms with Gasteiger partial charge in [-0.2, -0.15) is 0 Å². The maximum Gasteiger partial charge on any atom is 0.0637 e. The molecule has 0 aliphatic carbocycles. The highest BCUT2D eigenvalue weighted by Gasteiger charge is 2.31. The van der Waals surface area contributed by atoms with Gasteiger partial charge in [-0.25, -0.2) is 0 Å². The molecule has 15 heavy (non-hydrogen) atoms. The Bertz CT molecular complexity index is 345. The summed E-state index contributed by atoms with van der Waals surface area (Å²) in [7, 11) is 0. The molecular weight excluding hydrogens is 256 g/mol. The molecule has 0 radical (unpaired) electrons. The second kappa shape index (κ2) is 4.49. The highest BCUT2D eigenvalue weighted by Crippen LogP contribution is 2.33. The van der Waals surface area contributed by atoms with E-state index in [9.17, 15) is 5.11 Å². The van der Waals surface area contributed by atoms with Gasteiger partial charge in [-0.1, -0.05) is 6.92 Å². The van der Waals surface area contributed by atoms with E-state index in [0.29, 0.717) is 5.92 Å². The topological polar surface area (TPSA) is 36.4 Å². The van der Waals surface area contributed by atoms with E-state index in [1.165, 1.54) is 0 Å². The first-order valence-corrected chi connectivity index (χ1v) is 6.00. The molecule has 82 valence electrons. The fourth-order valence-electron chi connectivity index (χ4n) is 2.19. The van der Waals surface area contributed by atoms with Crippen LogP contribution in [0.15, 0.2) is 22.9 Å². The van der Waals surface area contributed by atoms with Gasteiger partial charge < -0.3 is 10.0 Å². The van der Waals surface area contributed by atoms with E-state index < -0.39 is 0 Å². The number of halogens is 1. The lowest BCUT2D eigenvalue weighted by atomic mass is 10.0. The molecule has 0 spiro atoms. The van der Waals surface area contributed by atoms with Crippen molar-refractivity contribution in [3.8, 4) is 0 Å². The summed E-state index contributed by atoms with van der Waals surface area (Å²) in [4.78, 5) is 6.31. The molecule has 3 nitrogen and oxygen atoms in total. The SMILES string of the molecule is CC1CCN(c2ccncc2Br)C1CO. The van der Waals surface area contributed by atoms with Crippen LogP contribution in [0.3, 0.4) is 0 Å². The molecule has 2 rings (SSSR count). The van der Waals surface area contributed by atoms with Gasteiger partial charge in [0.25, 0.3) is 0 Å². The van der Waals surface area contributed by atoms with Gasteiger partial charge in [0.05, 0.1) is 22.8 Å².